The molecule has 1 N–H and O–H groups in total. The Hall–Kier alpha value is -3.69. The minimum absolute atomic E-state index is 0.0775. The van der Waals surface area contributed by atoms with Gasteiger partial charge in [-0.1, -0.05) is 66.2 Å². The third kappa shape index (κ3) is 6.37. The van der Waals surface area contributed by atoms with E-state index in [0.29, 0.717) is 17.9 Å². The molecule has 3 atom stereocenters. The Morgan fingerprint density at radius 3 is 2.38 bits per heavy atom. The number of carbonyl (C=O) groups excluding carboxylic acids is 1. The maximum atomic E-state index is 13.8. The van der Waals surface area contributed by atoms with Crippen LogP contribution in [0, 0.1) is 5.82 Å². The van der Waals surface area contributed by atoms with Crippen LogP contribution in [0.5, 0.6) is 0 Å². The van der Waals surface area contributed by atoms with Gasteiger partial charge < -0.3 is 0 Å². The fourth-order valence-corrected chi connectivity index (χ4v) is 5.52. The lowest BCUT2D eigenvalue weighted by Gasteiger charge is -2.43. The van der Waals surface area contributed by atoms with E-state index < -0.39 is 28.5 Å². The molecule has 5 nitrogen and oxygen atoms in total. The van der Waals surface area contributed by atoms with Crippen LogP contribution in [-0.4, -0.2) is 46.6 Å². The lowest BCUT2D eigenvalue weighted by Crippen LogP contribution is -2.58. The first kappa shape index (κ1) is 27.9. The molecular weight excluding hydrogens is 546 g/mol. The van der Waals surface area contributed by atoms with Crippen molar-refractivity contribution in [2.75, 3.05) is 19.6 Å². The van der Waals surface area contributed by atoms with Crippen molar-refractivity contribution in [2.45, 2.75) is 30.9 Å². The molecular formula is C30H27ClF4N3O2+. The van der Waals surface area contributed by atoms with E-state index in [1.807, 2.05) is 48.5 Å². The van der Waals surface area contributed by atoms with E-state index in [4.69, 9.17) is 16.4 Å². The van der Waals surface area contributed by atoms with Crippen molar-refractivity contribution >= 4 is 17.6 Å². The summed E-state index contributed by atoms with van der Waals surface area (Å²) >= 11 is 6.02. The Morgan fingerprint density at radius 1 is 1.00 bits per heavy atom. The molecule has 0 amide bonds. The zero-order valence-corrected chi connectivity index (χ0v) is 22.1. The first-order chi connectivity index (χ1) is 19.1. The Labute approximate surface area is 233 Å². The lowest BCUT2D eigenvalue weighted by atomic mass is 9.78. The normalized spacial score (nSPS) is 21.2. The highest BCUT2D eigenvalue weighted by molar-refractivity contribution is 6.30. The fourth-order valence-electron chi connectivity index (χ4n) is 5.40. The van der Waals surface area contributed by atoms with Crippen LogP contribution in [0.25, 0.3) is 11.3 Å². The van der Waals surface area contributed by atoms with Gasteiger partial charge in [-0.3, -0.25) is 9.94 Å². The molecule has 208 valence electrons. The number of piperidine rings is 1. The smallest absolute Gasteiger partial charge is 0.278 e. The quantitative estimate of drug-likeness (QED) is 0.188. The Bertz CT molecular complexity index is 1440. The molecule has 0 saturated carbocycles. The Morgan fingerprint density at radius 2 is 1.70 bits per heavy atom. The zero-order chi connectivity index (χ0) is 28.3. The van der Waals surface area contributed by atoms with Crippen molar-refractivity contribution in [1.29, 1.82) is 0 Å². The van der Waals surface area contributed by atoms with E-state index in [1.165, 1.54) is 12.1 Å². The number of nitrogens with zero attached hydrogens (tertiary/aromatic N) is 2. The maximum Gasteiger partial charge on any atom is 0.497 e. The van der Waals surface area contributed by atoms with Gasteiger partial charge in [-0.05, 0) is 47.0 Å². The minimum Gasteiger partial charge on any atom is -0.278 e. The number of carbonyl (C=O) groups is 1. The molecule has 0 aliphatic carbocycles. The summed E-state index contributed by atoms with van der Waals surface area (Å²) in [6.45, 7) is 0.404. The van der Waals surface area contributed by atoms with E-state index >= 15 is 0 Å². The largest absolute Gasteiger partial charge is 0.497 e. The average molecular weight is 573 g/mol. The summed E-state index contributed by atoms with van der Waals surface area (Å²) in [5, 5.41) is 8.20. The molecule has 0 spiro atoms. The number of quaternary nitrogens is 1. The van der Waals surface area contributed by atoms with Crippen molar-refractivity contribution in [3.05, 3.63) is 113 Å². The van der Waals surface area contributed by atoms with Gasteiger partial charge in [0.05, 0.1) is 11.4 Å². The van der Waals surface area contributed by atoms with Crippen LogP contribution < -0.4 is 0 Å². The number of aromatic amines is 1. The van der Waals surface area contributed by atoms with Gasteiger partial charge >= 0.3 is 12.1 Å². The van der Waals surface area contributed by atoms with Gasteiger partial charge in [0, 0.05) is 29.7 Å². The highest BCUT2D eigenvalue weighted by atomic mass is 35.5. The average Bonchev–Trinajstić information content (AvgIpc) is 3.43. The number of alkyl halides is 3. The summed E-state index contributed by atoms with van der Waals surface area (Å²) in [6.07, 6.45) is -4.32. The van der Waals surface area contributed by atoms with Crippen LogP contribution in [0.2, 0.25) is 5.02 Å². The number of aromatic nitrogens is 2. The van der Waals surface area contributed by atoms with Gasteiger partial charge in [0.1, 0.15) is 25.5 Å². The molecule has 1 unspecified atom stereocenters. The molecule has 1 aliphatic heterocycles. The number of halogens is 5. The van der Waals surface area contributed by atoms with Crippen LogP contribution in [0.4, 0.5) is 17.6 Å². The highest BCUT2D eigenvalue weighted by Crippen LogP contribution is 2.43. The molecule has 0 bridgehead atoms. The number of likely N-dealkylation sites (tertiary alicyclic amines) is 1. The van der Waals surface area contributed by atoms with E-state index in [9.17, 15) is 22.4 Å². The van der Waals surface area contributed by atoms with Crippen LogP contribution in [0.15, 0.2) is 84.9 Å². The Kier molecular flexibility index (Phi) is 7.96. The molecule has 5 rings (SSSR count). The molecule has 1 saturated heterocycles. The molecule has 1 aromatic heterocycles. The standard InChI is InChI=1S/C30H27ClF4N3O2/c31-23-10-6-22(7-11-23)27-18-28(37-36-27)25-15-17-38(40-29(39)30(33,34)35,16-14-20-4-2-1-3-5-20)19-26(25)21-8-12-24(32)13-9-21/h1-13,18,25-26H,14-17,19H2,(H,36,37)/q+1/t25-,26+,38?/m0/s1. The van der Waals surface area contributed by atoms with Gasteiger partial charge in [0.15, 0.2) is 0 Å². The van der Waals surface area contributed by atoms with Crippen molar-refractivity contribution in [2.24, 2.45) is 0 Å². The van der Waals surface area contributed by atoms with Gasteiger partial charge in [0.25, 0.3) is 0 Å². The second-order valence-electron chi connectivity index (χ2n) is 10.1. The first-order valence-electron chi connectivity index (χ1n) is 12.9. The maximum absolute atomic E-state index is 13.8. The molecule has 2 heterocycles. The second-order valence-corrected chi connectivity index (χ2v) is 10.5. The van der Waals surface area contributed by atoms with Crippen molar-refractivity contribution in [3.8, 4) is 11.3 Å². The SMILES string of the molecule is O=C(O[N+]1(CCc2ccccc2)CC[C@H](c2cc(-c3ccc(Cl)cc3)[nH]n2)[C@@H](c2ccc(F)cc2)C1)C(F)(F)F. The van der Waals surface area contributed by atoms with Gasteiger partial charge in [0.2, 0.25) is 0 Å². The van der Waals surface area contributed by atoms with Crippen molar-refractivity contribution < 1.29 is 31.8 Å². The van der Waals surface area contributed by atoms with Crippen LogP contribution in [0.3, 0.4) is 0 Å². The third-order valence-electron chi connectivity index (χ3n) is 7.45. The molecule has 4 aromatic rings. The fraction of sp³-hybridized carbons (Fsp3) is 0.267. The van der Waals surface area contributed by atoms with E-state index in [0.717, 1.165) is 28.1 Å². The van der Waals surface area contributed by atoms with Gasteiger partial charge in [-0.2, -0.15) is 18.3 Å². The molecule has 40 heavy (non-hydrogen) atoms. The predicted octanol–water partition coefficient (Wildman–Crippen LogP) is 7.22. The summed E-state index contributed by atoms with van der Waals surface area (Å²) in [6, 6.07) is 24.4. The summed E-state index contributed by atoms with van der Waals surface area (Å²) in [5.74, 6) is -3.25. The predicted molar refractivity (Wildman–Crippen MR) is 143 cm³/mol. The molecule has 1 aliphatic rings. The van der Waals surface area contributed by atoms with Gasteiger partial charge in [-0.15, -0.1) is 4.65 Å². The number of benzene rings is 3. The van der Waals surface area contributed by atoms with Crippen LogP contribution >= 0.6 is 11.6 Å². The lowest BCUT2D eigenvalue weighted by molar-refractivity contribution is -1.09. The number of hydroxylamine groups is 3. The van der Waals surface area contributed by atoms with E-state index in [-0.39, 0.29) is 25.6 Å². The van der Waals surface area contributed by atoms with Crippen LogP contribution in [-0.2, 0) is 16.1 Å². The molecule has 10 heteroatoms. The number of hydrogen-bond acceptors (Lipinski definition) is 3. The van der Waals surface area contributed by atoms with Crippen molar-refractivity contribution in [1.82, 2.24) is 10.2 Å². The van der Waals surface area contributed by atoms with Crippen molar-refractivity contribution in [3.63, 3.8) is 0 Å². The minimum atomic E-state index is -5.13. The zero-order valence-electron chi connectivity index (χ0n) is 21.4. The third-order valence-corrected chi connectivity index (χ3v) is 7.70. The Balaban J connectivity index is 1.49. The molecule has 0 radical (unpaired) electrons. The van der Waals surface area contributed by atoms with Crippen LogP contribution in [0.1, 0.15) is 35.1 Å². The number of nitrogens with one attached hydrogen (secondary N) is 1. The van der Waals surface area contributed by atoms with Gasteiger partial charge in [-0.25, -0.2) is 9.18 Å². The first-order valence-corrected chi connectivity index (χ1v) is 13.3. The second kappa shape index (κ2) is 11.4. The van der Waals surface area contributed by atoms with E-state index in [2.05, 4.69) is 10.2 Å². The summed E-state index contributed by atoms with van der Waals surface area (Å²) < 4.78 is 53.5. The molecule has 3 aromatic carbocycles. The van der Waals surface area contributed by atoms with E-state index in [1.54, 1.807) is 24.3 Å². The molecule has 1 fully saturated rings. The number of hydrogen-bond donors (Lipinski definition) is 1. The summed E-state index contributed by atoms with van der Waals surface area (Å²) in [5.41, 5.74) is 4.02. The number of H-pyrrole nitrogens is 1. The highest BCUT2D eigenvalue weighted by Gasteiger charge is 2.51. The summed E-state index contributed by atoms with van der Waals surface area (Å²) in [4.78, 5) is 17.4. The monoisotopic (exact) mass is 572 g/mol. The topological polar surface area (TPSA) is 55.0 Å². The summed E-state index contributed by atoms with van der Waals surface area (Å²) in [7, 11) is 0. The number of rotatable bonds is 7.